The summed E-state index contributed by atoms with van der Waals surface area (Å²) in [5.74, 6) is 1.79. The molecule has 4 aliphatic rings. The molecule has 2 amide bonds. The molecule has 2 fully saturated rings. The summed E-state index contributed by atoms with van der Waals surface area (Å²) in [7, 11) is -0.783. The first-order chi connectivity index (χ1) is 20.2. The lowest BCUT2D eigenvalue weighted by molar-refractivity contribution is -0.119. The maximum Gasteiger partial charge on any atom is 0.376 e. The molecule has 4 aliphatic heterocycles. The van der Waals surface area contributed by atoms with Gasteiger partial charge >= 0.3 is 14.1 Å². The highest BCUT2D eigenvalue weighted by molar-refractivity contribution is 6.45. The van der Waals surface area contributed by atoms with Gasteiger partial charge in [0.1, 0.15) is 11.5 Å². The van der Waals surface area contributed by atoms with Gasteiger partial charge in [0, 0.05) is 6.54 Å². The maximum absolute atomic E-state index is 11.4. The normalized spacial score (nSPS) is 21.4. The van der Waals surface area contributed by atoms with E-state index in [1.165, 1.54) is 17.6 Å². The van der Waals surface area contributed by atoms with Crippen LogP contribution in [0.4, 0.5) is 11.4 Å². The summed E-state index contributed by atoms with van der Waals surface area (Å²) in [4.78, 5) is 26.9. The van der Waals surface area contributed by atoms with Crippen LogP contribution >= 0.6 is 0 Å². The van der Waals surface area contributed by atoms with Gasteiger partial charge in [-0.1, -0.05) is 23.8 Å². The number of rotatable bonds is 5. The average Bonchev–Trinajstić information content (AvgIpc) is 2.97. The van der Waals surface area contributed by atoms with E-state index in [0.29, 0.717) is 11.7 Å². The van der Waals surface area contributed by atoms with Crippen LogP contribution in [0.15, 0.2) is 42.0 Å². The summed E-state index contributed by atoms with van der Waals surface area (Å²) in [6.07, 6.45) is 7.51. The largest absolute Gasteiger partial charge is 0.482 e. The molecule has 2 aromatic rings. The van der Waals surface area contributed by atoms with Gasteiger partial charge in [0.05, 0.1) is 11.4 Å². The van der Waals surface area contributed by atoms with Crippen molar-refractivity contribution in [2.24, 2.45) is 5.92 Å². The first kappa shape index (κ1) is 30.2. The van der Waals surface area contributed by atoms with E-state index in [1.807, 2.05) is 37.2 Å². The van der Waals surface area contributed by atoms with Gasteiger partial charge < -0.3 is 39.8 Å². The third-order valence-corrected chi connectivity index (χ3v) is 8.17. The minimum Gasteiger partial charge on any atom is -0.482 e. The summed E-state index contributed by atoms with van der Waals surface area (Å²) < 4.78 is 10.7. The van der Waals surface area contributed by atoms with Crippen molar-refractivity contribution in [1.29, 1.82) is 0 Å². The number of nitrogens with zero attached hydrogens (tertiary/aromatic N) is 2. The number of amides is 2. The summed E-state index contributed by atoms with van der Waals surface area (Å²) >= 11 is 0. The second-order valence-corrected chi connectivity index (χ2v) is 11.6. The number of carbonyl (C=O) groups excluding carboxylic acids is 2. The molecule has 12 heteroatoms. The Bertz CT molecular complexity index is 1320. The Balaban J connectivity index is 0.000000168. The number of fused-ring (bicyclic) bond motifs is 2. The summed E-state index contributed by atoms with van der Waals surface area (Å²) in [6.45, 7) is 7.43. The third-order valence-electron chi connectivity index (χ3n) is 8.17. The van der Waals surface area contributed by atoms with E-state index >= 15 is 0 Å². The predicted octanol–water partition coefficient (Wildman–Crippen LogP) is 2.99. The Labute approximate surface area is 248 Å². The maximum atomic E-state index is 11.4. The number of hydrogen-bond acceptors (Lipinski definition) is 8. The molecule has 0 bridgehead atoms. The highest BCUT2D eigenvalue weighted by atomic mass is 16.5. The van der Waals surface area contributed by atoms with Crippen LogP contribution in [-0.2, 0) is 16.0 Å². The van der Waals surface area contributed by atoms with Gasteiger partial charge in [-0.05, 0) is 107 Å². The molecular weight excluding hydrogens is 534 g/mol. The highest BCUT2D eigenvalue weighted by Crippen LogP contribution is 2.31. The Hall–Kier alpha value is -3.31. The quantitative estimate of drug-likeness (QED) is 0.403. The van der Waals surface area contributed by atoms with Gasteiger partial charge in [-0.3, -0.25) is 9.59 Å². The number of benzene rings is 2. The number of hydrogen-bond donors (Lipinski definition) is 4. The molecule has 2 aromatic carbocycles. The molecular formula is C30H40B2N4O6. The lowest BCUT2D eigenvalue weighted by atomic mass is 9.79. The molecule has 1 atom stereocenters. The van der Waals surface area contributed by atoms with Gasteiger partial charge in [-0.15, -0.1) is 0 Å². The van der Waals surface area contributed by atoms with Crippen LogP contribution < -0.4 is 20.1 Å². The molecule has 222 valence electrons. The monoisotopic (exact) mass is 574 g/mol. The van der Waals surface area contributed by atoms with E-state index in [0.717, 1.165) is 74.6 Å². The van der Waals surface area contributed by atoms with Crippen LogP contribution in [0.25, 0.3) is 6.08 Å². The fourth-order valence-electron chi connectivity index (χ4n) is 5.99. The first-order valence-corrected chi connectivity index (χ1v) is 14.9. The van der Waals surface area contributed by atoms with Gasteiger partial charge in [0.25, 0.3) is 11.8 Å². The average molecular weight is 574 g/mol. The van der Waals surface area contributed by atoms with Crippen LogP contribution in [0.1, 0.15) is 36.8 Å². The molecule has 1 unspecified atom stereocenters. The molecule has 4 N–H and O–H groups in total. The molecule has 0 spiro atoms. The Morgan fingerprint density at radius 1 is 0.905 bits per heavy atom. The van der Waals surface area contributed by atoms with Crippen molar-refractivity contribution in [2.75, 3.05) is 50.0 Å². The van der Waals surface area contributed by atoms with E-state index in [1.54, 1.807) is 6.82 Å². The number of carbonyl (C=O) groups is 2. The smallest absolute Gasteiger partial charge is 0.376 e. The Kier molecular flexibility index (Phi) is 9.89. The van der Waals surface area contributed by atoms with Gasteiger partial charge in [-0.25, -0.2) is 0 Å². The van der Waals surface area contributed by atoms with Crippen LogP contribution in [0.5, 0.6) is 11.5 Å². The summed E-state index contributed by atoms with van der Waals surface area (Å²) in [6, 6.07) is 11.8. The second kappa shape index (κ2) is 13.8. The Morgan fingerprint density at radius 2 is 1.55 bits per heavy atom. The van der Waals surface area contributed by atoms with Crippen LogP contribution in [0, 0.1) is 5.92 Å². The van der Waals surface area contributed by atoms with Crippen molar-refractivity contribution in [1.82, 2.24) is 9.62 Å². The number of ether oxygens (including phenoxy) is 2. The number of nitrogens with one attached hydrogen (secondary N) is 2. The molecule has 6 rings (SSSR count). The molecule has 0 radical (unpaired) electrons. The van der Waals surface area contributed by atoms with Gasteiger partial charge in [0.2, 0.25) is 0 Å². The topological polar surface area (TPSA) is 124 Å². The molecule has 2 saturated heterocycles. The SMILES string of the molecule is CB(O)N1CCCC(=Cc2ccc3c(c2)NC(=O)CO3)C1.CB(O)N1CCCC(Cc2ccc3c(c2)NC(=O)CO3)C1. The van der Waals surface area contributed by atoms with Crippen LogP contribution in [-0.4, -0.2) is 85.0 Å². The zero-order valence-corrected chi connectivity index (χ0v) is 24.5. The fourth-order valence-corrected chi connectivity index (χ4v) is 5.99. The van der Waals surface area contributed by atoms with Crippen LogP contribution in [0.3, 0.4) is 0 Å². The van der Waals surface area contributed by atoms with Crippen molar-refractivity contribution in [2.45, 2.75) is 45.8 Å². The summed E-state index contributed by atoms with van der Waals surface area (Å²) in [5, 5.41) is 25.1. The van der Waals surface area contributed by atoms with Crippen LogP contribution in [0.2, 0.25) is 13.6 Å². The van der Waals surface area contributed by atoms with E-state index in [4.69, 9.17) is 9.47 Å². The fraction of sp³-hybridized carbons (Fsp3) is 0.467. The molecule has 4 heterocycles. The second-order valence-electron chi connectivity index (χ2n) is 11.6. The number of anilines is 2. The standard InChI is InChI=1S/C15H21BN2O3.C15H19BN2O3/c2*1-16(20)18-6-2-3-12(9-18)7-11-4-5-14-13(8-11)17-15(19)10-21-14/h4-5,8,12,20H,2-3,6-7,9-10H2,1H3,(H,17,19);4-5,7-8,20H,2-3,6,9-10H2,1H3,(H,17,19). The zero-order chi connectivity index (χ0) is 29.6. The minimum atomic E-state index is -0.412. The molecule has 0 saturated carbocycles. The zero-order valence-electron chi connectivity index (χ0n) is 24.5. The van der Waals surface area contributed by atoms with Crippen molar-refractivity contribution in [3.8, 4) is 11.5 Å². The van der Waals surface area contributed by atoms with E-state index in [2.05, 4.69) is 32.4 Å². The van der Waals surface area contributed by atoms with E-state index < -0.39 is 7.05 Å². The van der Waals surface area contributed by atoms with Crippen molar-refractivity contribution < 1.29 is 29.1 Å². The molecule has 0 aromatic heterocycles. The van der Waals surface area contributed by atoms with E-state index in [-0.39, 0.29) is 32.1 Å². The minimum absolute atomic E-state index is 0.0801. The van der Waals surface area contributed by atoms with Gasteiger partial charge in [0.15, 0.2) is 13.2 Å². The van der Waals surface area contributed by atoms with E-state index in [9.17, 15) is 19.6 Å². The number of piperidine rings is 2. The van der Waals surface area contributed by atoms with Crippen molar-refractivity contribution in [3.63, 3.8) is 0 Å². The van der Waals surface area contributed by atoms with Crippen molar-refractivity contribution in [3.05, 3.63) is 53.1 Å². The predicted molar refractivity (Wildman–Crippen MR) is 166 cm³/mol. The molecule has 0 aliphatic carbocycles. The molecule has 42 heavy (non-hydrogen) atoms. The first-order valence-electron chi connectivity index (χ1n) is 14.9. The Morgan fingerprint density at radius 3 is 2.24 bits per heavy atom. The third kappa shape index (κ3) is 7.95. The molecule has 10 nitrogen and oxygen atoms in total. The lowest BCUT2D eigenvalue weighted by Crippen LogP contribution is -2.44. The summed E-state index contributed by atoms with van der Waals surface area (Å²) in [5.41, 5.74) is 5.04. The van der Waals surface area contributed by atoms with Gasteiger partial charge in [-0.2, -0.15) is 0 Å². The lowest BCUT2D eigenvalue weighted by Gasteiger charge is -2.33. The van der Waals surface area contributed by atoms with Crippen molar-refractivity contribution >= 4 is 43.4 Å². The highest BCUT2D eigenvalue weighted by Gasteiger charge is 2.26.